The van der Waals surface area contributed by atoms with E-state index >= 15 is 0 Å². The van der Waals surface area contributed by atoms with Crippen molar-refractivity contribution in [2.75, 3.05) is 11.9 Å². The molecule has 0 spiro atoms. The van der Waals surface area contributed by atoms with E-state index in [9.17, 15) is 4.39 Å². The lowest BCUT2D eigenvalue weighted by Crippen LogP contribution is -2.58. The number of hydrogen-bond donors (Lipinski definition) is 1. The summed E-state index contributed by atoms with van der Waals surface area (Å²) in [6, 6.07) is 1.88. The number of thiazole rings is 1. The van der Waals surface area contributed by atoms with Gasteiger partial charge in [0.2, 0.25) is 0 Å². The van der Waals surface area contributed by atoms with Crippen molar-refractivity contribution in [2.45, 2.75) is 63.6 Å². The summed E-state index contributed by atoms with van der Waals surface area (Å²) in [7, 11) is 2.14. The third kappa shape index (κ3) is 3.17. The van der Waals surface area contributed by atoms with Crippen molar-refractivity contribution < 1.29 is 4.39 Å². The van der Waals surface area contributed by atoms with Gasteiger partial charge in [-0.1, -0.05) is 11.3 Å². The number of imidazole rings is 1. The minimum absolute atomic E-state index is 0.198. The van der Waals surface area contributed by atoms with Crippen LogP contribution in [0.25, 0.3) is 27.4 Å². The monoisotopic (exact) mass is 451 g/mol. The van der Waals surface area contributed by atoms with Crippen molar-refractivity contribution in [3.05, 3.63) is 36.2 Å². The summed E-state index contributed by atoms with van der Waals surface area (Å²) in [5, 5.41) is 4.80. The summed E-state index contributed by atoms with van der Waals surface area (Å²) >= 11 is 1.57. The molecule has 2 saturated heterocycles. The first-order valence-electron chi connectivity index (χ1n) is 11.0. The SMILES string of the molecule is Cc1cn2cc(-c3ncc4nc(N(C)C5C[C@]6(C)CC[C@](C)(C5)N6)sc4n3)cc(F)c2n1. The van der Waals surface area contributed by atoms with Crippen LogP contribution in [0.1, 0.15) is 45.2 Å². The molecule has 32 heavy (non-hydrogen) atoms. The second kappa shape index (κ2) is 6.68. The molecule has 2 bridgehead atoms. The lowest BCUT2D eigenvalue weighted by atomic mass is 9.84. The van der Waals surface area contributed by atoms with E-state index in [4.69, 9.17) is 9.97 Å². The predicted molar refractivity (Wildman–Crippen MR) is 125 cm³/mol. The fraction of sp³-hybridized carbons (Fsp3) is 0.478. The molecule has 2 aliphatic heterocycles. The second-order valence-electron chi connectivity index (χ2n) is 9.99. The first-order chi connectivity index (χ1) is 15.2. The molecular weight excluding hydrogens is 425 g/mol. The van der Waals surface area contributed by atoms with Gasteiger partial charge in [0.15, 0.2) is 22.4 Å². The van der Waals surface area contributed by atoms with Crippen LogP contribution in [0.5, 0.6) is 0 Å². The summed E-state index contributed by atoms with van der Waals surface area (Å²) in [5.74, 6) is 0.106. The minimum Gasteiger partial charge on any atom is -0.348 e. The number of aromatic nitrogens is 5. The Bertz CT molecular complexity index is 1350. The Morgan fingerprint density at radius 3 is 2.66 bits per heavy atom. The zero-order chi connectivity index (χ0) is 22.3. The number of fused-ring (bicyclic) bond motifs is 4. The second-order valence-corrected chi connectivity index (χ2v) is 10.9. The number of nitrogens with zero attached hydrogens (tertiary/aromatic N) is 6. The maximum atomic E-state index is 14.5. The first-order valence-corrected chi connectivity index (χ1v) is 11.8. The van der Waals surface area contributed by atoms with Crippen LogP contribution in [0, 0.1) is 12.7 Å². The highest BCUT2D eigenvalue weighted by molar-refractivity contribution is 7.21. The maximum absolute atomic E-state index is 14.5. The van der Waals surface area contributed by atoms with Gasteiger partial charge in [-0.05, 0) is 52.5 Å². The summed E-state index contributed by atoms with van der Waals surface area (Å²) in [6.45, 7) is 6.52. The average Bonchev–Trinajstić information content (AvgIpc) is 3.39. The topological polar surface area (TPSA) is 71.2 Å². The van der Waals surface area contributed by atoms with E-state index in [0.717, 1.165) is 34.0 Å². The van der Waals surface area contributed by atoms with E-state index < -0.39 is 0 Å². The zero-order valence-electron chi connectivity index (χ0n) is 18.7. The third-order valence-electron chi connectivity index (χ3n) is 7.08. The lowest BCUT2D eigenvalue weighted by molar-refractivity contribution is 0.208. The Labute approximate surface area is 189 Å². The average molecular weight is 452 g/mol. The first kappa shape index (κ1) is 20.0. The van der Waals surface area contributed by atoms with E-state index in [-0.39, 0.29) is 16.9 Å². The number of piperidine rings is 1. The molecule has 7 nitrogen and oxygen atoms in total. The molecule has 3 atom stereocenters. The van der Waals surface area contributed by atoms with Gasteiger partial charge in [-0.3, -0.25) is 0 Å². The van der Waals surface area contributed by atoms with E-state index in [2.05, 4.69) is 41.1 Å². The maximum Gasteiger partial charge on any atom is 0.187 e. The van der Waals surface area contributed by atoms with Crippen LogP contribution >= 0.6 is 11.3 Å². The predicted octanol–water partition coefficient (Wildman–Crippen LogP) is 4.35. The van der Waals surface area contributed by atoms with Crippen molar-refractivity contribution in [3.8, 4) is 11.4 Å². The molecule has 4 aromatic heterocycles. The van der Waals surface area contributed by atoms with Crippen LogP contribution in [0.15, 0.2) is 24.7 Å². The van der Waals surface area contributed by atoms with E-state index in [1.807, 2.05) is 13.1 Å². The van der Waals surface area contributed by atoms with Gasteiger partial charge in [0.1, 0.15) is 10.3 Å². The molecule has 0 radical (unpaired) electrons. The van der Waals surface area contributed by atoms with Gasteiger partial charge >= 0.3 is 0 Å². The van der Waals surface area contributed by atoms with Crippen LogP contribution in [0.2, 0.25) is 0 Å². The third-order valence-corrected chi connectivity index (χ3v) is 8.13. The highest BCUT2D eigenvalue weighted by atomic mass is 32.1. The Balaban J connectivity index is 1.33. The van der Waals surface area contributed by atoms with Gasteiger partial charge < -0.3 is 14.6 Å². The molecule has 2 fully saturated rings. The fourth-order valence-electron chi connectivity index (χ4n) is 5.57. The van der Waals surface area contributed by atoms with Crippen LogP contribution in [0.4, 0.5) is 9.52 Å². The van der Waals surface area contributed by atoms with Crippen molar-refractivity contribution >= 4 is 32.5 Å². The summed E-state index contributed by atoms with van der Waals surface area (Å²) in [5.41, 5.74) is 2.87. The van der Waals surface area contributed by atoms with Gasteiger partial charge in [0.25, 0.3) is 0 Å². The molecule has 0 amide bonds. The van der Waals surface area contributed by atoms with Crippen molar-refractivity contribution in [1.29, 1.82) is 0 Å². The number of nitrogens with one attached hydrogen (secondary N) is 1. The Hall–Kier alpha value is -2.65. The largest absolute Gasteiger partial charge is 0.348 e. The van der Waals surface area contributed by atoms with Gasteiger partial charge in [-0.25, -0.2) is 24.3 Å². The lowest BCUT2D eigenvalue weighted by Gasteiger charge is -2.45. The molecule has 0 aliphatic carbocycles. The van der Waals surface area contributed by atoms with Gasteiger partial charge in [0.05, 0.1) is 11.9 Å². The van der Waals surface area contributed by atoms with Crippen LogP contribution < -0.4 is 10.2 Å². The van der Waals surface area contributed by atoms with Gasteiger partial charge in [-0.15, -0.1) is 0 Å². The number of halogens is 1. The molecule has 6 heterocycles. The molecule has 6 rings (SSSR count). The van der Waals surface area contributed by atoms with Gasteiger partial charge in [-0.2, -0.15) is 0 Å². The highest BCUT2D eigenvalue weighted by Crippen LogP contribution is 2.44. The number of aryl methyl sites for hydroxylation is 1. The number of hydrogen-bond acceptors (Lipinski definition) is 7. The standard InChI is InChI=1S/C23H26FN7S/c1-13-11-31-12-14(7-16(24)19(31)26-13)18-25-10-17-20(28-18)32-21(27-17)30(4)15-8-22(2)5-6-23(3,9-15)29-22/h7,10-12,15,29H,5-6,8-9H2,1-4H3/t15?,22-,23+. The Morgan fingerprint density at radius 1 is 1.16 bits per heavy atom. The van der Waals surface area contributed by atoms with E-state index in [0.29, 0.717) is 23.1 Å². The minimum atomic E-state index is -0.383. The fourth-order valence-corrected chi connectivity index (χ4v) is 6.51. The van der Waals surface area contributed by atoms with Crippen molar-refractivity contribution in [1.82, 2.24) is 29.7 Å². The molecule has 166 valence electrons. The summed E-state index contributed by atoms with van der Waals surface area (Å²) < 4.78 is 16.2. The summed E-state index contributed by atoms with van der Waals surface area (Å²) in [4.78, 5) is 21.4. The number of pyridine rings is 1. The van der Waals surface area contributed by atoms with Crippen LogP contribution in [-0.4, -0.2) is 48.5 Å². The number of anilines is 1. The molecule has 1 N–H and O–H groups in total. The van der Waals surface area contributed by atoms with Gasteiger partial charge in [0, 0.05) is 42.1 Å². The molecule has 9 heteroatoms. The molecule has 0 aromatic carbocycles. The Morgan fingerprint density at radius 2 is 1.91 bits per heavy atom. The van der Waals surface area contributed by atoms with Crippen LogP contribution in [-0.2, 0) is 0 Å². The summed E-state index contributed by atoms with van der Waals surface area (Å²) in [6.07, 6.45) is 10.0. The highest BCUT2D eigenvalue weighted by Gasteiger charge is 2.49. The Kier molecular flexibility index (Phi) is 4.17. The van der Waals surface area contributed by atoms with E-state index in [1.54, 1.807) is 28.1 Å². The van der Waals surface area contributed by atoms with E-state index in [1.165, 1.54) is 18.9 Å². The smallest absolute Gasteiger partial charge is 0.187 e. The molecule has 1 unspecified atom stereocenters. The van der Waals surface area contributed by atoms with Crippen LogP contribution in [0.3, 0.4) is 0 Å². The zero-order valence-corrected chi connectivity index (χ0v) is 19.5. The molecule has 4 aromatic rings. The molecule has 2 aliphatic rings. The molecule has 0 saturated carbocycles. The van der Waals surface area contributed by atoms with Crippen molar-refractivity contribution in [2.24, 2.45) is 0 Å². The quantitative estimate of drug-likeness (QED) is 0.499. The van der Waals surface area contributed by atoms with Crippen molar-refractivity contribution in [3.63, 3.8) is 0 Å². The number of rotatable bonds is 3. The molecular formula is C23H26FN7S. The normalized spacial score (nSPS) is 27.5.